The van der Waals surface area contributed by atoms with E-state index in [4.69, 9.17) is 14.2 Å². The molecule has 0 atom stereocenters. The molecule has 0 heterocycles. The second-order valence-corrected chi connectivity index (χ2v) is 5.82. The van der Waals surface area contributed by atoms with Gasteiger partial charge in [0.2, 0.25) is 11.7 Å². The first kappa shape index (κ1) is 16.2. The Kier molecular flexibility index (Phi) is 4.34. The maximum atomic E-state index is 12.8. The highest BCUT2D eigenvalue weighted by molar-refractivity contribution is 6.01. The third kappa shape index (κ3) is 2.77. The number of hydrogen-bond donors (Lipinski definition) is 1. The number of ether oxygens (including phenoxy) is 3. The van der Waals surface area contributed by atoms with Crippen LogP contribution in [0.25, 0.3) is 0 Å². The van der Waals surface area contributed by atoms with Crippen molar-refractivity contribution in [3.8, 4) is 17.2 Å². The number of methoxy groups -OCH3 is 3. The summed E-state index contributed by atoms with van der Waals surface area (Å²) in [4.78, 5) is 12.8. The molecule has 1 amide bonds. The Labute approximate surface area is 141 Å². The fourth-order valence-electron chi connectivity index (χ4n) is 2.93. The van der Waals surface area contributed by atoms with Gasteiger partial charge in [-0.3, -0.25) is 4.79 Å². The van der Waals surface area contributed by atoms with Crippen LogP contribution >= 0.6 is 0 Å². The summed E-state index contributed by atoms with van der Waals surface area (Å²) in [6.45, 7) is 0. The number of anilines is 1. The Morgan fingerprint density at radius 1 is 0.958 bits per heavy atom. The molecule has 1 N–H and O–H groups in total. The first-order chi connectivity index (χ1) is 11.6. The van der Waals surface area contributed by atoms with Crippen molar-refractivity contribution in [1.29, 1.82) is 0 Å². The molecule has 5 nitrogen and oxygen atoms in total. The Balaban J connectivity index is 1.87. The molecule has 0 radical (unpaired) electrons. The Bertz CT molecular complexity index is 713. The molecule has 3 rings (SSSR count). The number of carbonyl (C=O) groups is 1. The molecule has 5 heteroatoms. The van der Waals surface area contributed by atoms with Crippen molar-refractivity contribution in [3.05, 3.63) is 48.0 Å². The molecule has 126 valence electrons. The van der Waals surface area contributed by atoms with Crippen molar-refractivity contribution >= 4 is 11.6 Å². The number of carbonyl (C=O) groups excluding carboxylic acids is 1. The number of hydrogen-bond acceptors (Lipinski definition) is 4. The van der Waals surface area contributed by atoms with Gasteiger partial charge in [0.15, 0.2) is 11.5 Å². The third-order valence-electron chi connectivity index (χ3n) is 4.43. The molecular formula is C19H21NO4. The zero-order chi connectivity index (χ0) is 17.2. The monoisotopic (exact) mass is 327 g/mol. The predicted octanol–water partition coefficient (Wildman–Crippen LogP) is 3.38. The highest BCUT2D eigenvalue weighted by Gasteiger charge is 2.51. The van der Waals surface area contributed by atoms with Gasteiger partial charge in [0.25, 0.3) is 0 Å². The van der Waals surface area contributed by atoms with Crippen molar-refractivity contribution in [1.82, 2.24) is 0 Å². The average molecular weight is 327 g/mol. The molecule has 0 spiro atoms. The lowest BCUT2D eigenvalue weighted by Gasteiger charge is -2.18. The molecule has 0 aromatic heterocycles. The molecule has 1 fully saturated rings. The van der Waals surface area contributed by atoms with Crippen LogP contribution < -0.4 is 19.5 Å². The van der Waals surface area contributed by atoms with E-state index in [0.29, 0.717) is 22.9 Å². The van der Waals surface area contributed by atoms with Gasteiger partial charge in [0, 0.05) is 17.8 Å². The SMILES string of the molecule is COc1cc(NC(=O)C2(c3ccccc3)CC2)cc(OC)c1OC. The number of rotatable bonds is 6. The van der Waals surface area contributed by atoms with Crippen LogP contribution in [0.4, 0.5) is 5.69 Å². The first-order valence-corrected chi connectivity index (χ1v) is 7.81. The van der Waals surface area contributed by atoms with Gasteiger partial charge in [0.05, 0.1) is 26.7 Å². The standard InChI is InChI=1S/C19H21NO4/c1-22-15-11-14(12-16(23-2)17(15)24-3)20-18(21)19(9-10-19)13-7-5-4-6-8-13/h4-8,11-12H,9-10H2,1-3H3,(H,20,21). The summed E-state index contributed by atoms with van der Waals surface area (Å²) >= 11 is 0. The Morgan fingerprint density at radius 3 is 2.00 bits per heavy atom. The minimum atomic E-state index is -0.429. The molecule has 24 heavy (non-hydrogen) atoms. The Morgan fingerprint density at radius 2 is 1.54 bits per heavy atom. The molecule has 2 aromatic rings. The lowest BCUT2D eigenvalue weighted by atomic mass is 9.95. The summed E-state index contributed by atoms with van der Waals surface area (Å²) < 4.78 is 16.0. The predicted molar refractivity (Wildman–Crippen MR) is 92.1 cm³/mol. The molecule has 1 aliphatic rings. The van der Waals surface area contributed by atoms with Crippen LogP contribution in [0.3, 0.4) is 0 Å². The zero-order valence-electron chi connectivity index (χ0n) is 14.1. The van der Waals surface area contributed by atoms with E-state index in [2.05, 4.69) is 5.32 Å². The molecule has 1 aliphatic carbocycles. The highest BCUT2D eigenvalue weighted by atomic mass is 16.5. The van der Waals surface area contributed by atoms with Gasteiger partial charge in [0.1, 0.15) is 0 Å². The van der Waals surface area contributed by atoms with Gasteiger partial charge in [-0.05, 0) is 18.4 Å². The zero-order valence-corrected chi connectivity index (χ0v) is 14.1. The van der Waals surface area contributed by atoms with Gasteiger partial charge in [-0.25, -0.2) is 0 Å². The topological polar surface area (TPSA) is 56.8 Å². The highest BCUT2D eigenvalue weighted by Crippen LogP contribution is 2.49. The molecule has 0 unspecified atom stereocenters. The van der Waals surface area contributed by atoms with E-state index in [0.717, 1.165) is 18.4 Å². The van der Waals surface area contributed by atoms with Crippen molar-refractivity contribution in [2.45, 2.75) is 18.3 Å². The lowest BCUT2D eigenvalue weighted by molar-refractivity contribution is -0.118. The van der Waals surface area contributed by atoms with E-state index in [1.807, 2.05) is 30.3 Å². The second kappa shape index (κ2) is 6.43. The number of nitrogens with one attached hydrogen (secondary N) is 1. The lowest BCUT2D eigenvalue weighted by Crippen LogP contribution is -2.27. The van der Waals surface area contributed by atoms with Crippen LogP contribution in [0.15, 0.2) is 42.5 Å². The number of amides is 1. The minimum absolute atomic E-state index is 0.0111. The van der Waals surface area contributed by atoms with Gasteiger partial charge in [-0.15, -0.1) is 0 Å². The molecule has 1 saturated carbocycles. The second-order valence-electron chi connectivity index (χ2n) is 5.82. The van der Waals surface area contributed by atoms with E-state index >= 15 is 0 Å². The molecule has 0 aliphatic heterocycles. The quantitative estimate of drug-likeness (QED) is 0.884. The first-order valence-electron chi connectivity index (χ1n) is 7.81. The van der Waals surface area contributed by atoms with Crippen LogP contribution in [0.1, 0.15) is 18.4 Å². The van der Waals surface area contributed by atoms with E-state index in [1.54, 1.807) is 33.5 Å². The smallest absolute Gasteiger partial charge is 0.235 e. The van der Waals surface area contributed by atoms with Crippen molar-refractivity contribution in [2.24, 2.45) is 0 Å². The van der Waals surface area contributed by atoms with Crippen molar-refractivity contribution in [2.75, 3.05) is 26.6 Å². The summed E-state index contributed by atoms with van der Waals surface area (Å²) in [5.74, 6) is 1.51. The third-order valence-corrected chi connectivity index (χ3v) is 4.43. The fourth-order valence-corrected chi connectivity index (χ4v) is 2.93. The molecule has 0 bridgehead atoms. The Hall–Kier alpha value is -2.69. The normalized spacial score (nSPS) is 14.6. The van der Waals surface area contributed by atoms with Gasteiger partial charge in [-0.2, -0.15) is 0 Å². The summed E-state index contributed by atoms with van der Waals surface area (Å²) in [7, 11) is 4.65. The van der Waals surface area contributed by atoms with E-state index in [-0.39, 0.29) is 5.91 Å². The van der Waals surface area contributed by atoms with Crippen LogP contribution in [-0.2, 0) is 10.2 Å². The summed E-state index contributed by atoms with van der Waals surface area (Å²) in [5.41, 5.74) is 1.24. The van der Waals surface area contributed by atoms with Crippen LogP contribution in [0.5, 0.6) is 17.2 Å². The maximum Gasteiger partial charge on any atom is 0.235 e. The van der Waals surface area contributed by atoms with Crippen molar-refractivity contribution in [3.63, 3.8) is 0 Å². The number of benzene rings is 2. The van der Waals surface area contributed by atoms with Gasteiger partial charge < -0.3 is 19.5 Å². The van der Waals surface area contributed by atoms with Crippen LogP contribution in [0.2, 0.25) is 0 Å². The molecule has 2 aromatic carbocycles. The van der Waals surface area contributed by atoms with Crippen molar-refractivity contribution < 1.29 is 19.0 Å². The van der Waals surface area contributed by atoms with Gasteiger partial charge >= 0.3 is 0 Å². The minimum Gasteiger partial charge on any atom is -0.493 e. The van der Waals surface area contributed by atoms with Gasteiger partial charge in [-0.1, -0.05) is 30.3 Å². The summed E-state index contributed by atoms with van der Waals surface area (Å²) in [6.07, 6.45) is 1.71. The van der Waals surface area contributed by atoms with Crippen LogP contribution in [0, 0.1) is 0 Å². The van der Waals surface area contributed by atoms with Crippen LogP contribution in [-0.4, -0.2) is 27.2 Å². The maximum absolute atomic E-state index is 12.8. The van der Waals surface area contributed by atoms with E-state index in [9.17, 15) is 4.79 Å². The van der Waals surface area contributed by atoms with E-state index in [1.165, 1.54) is 0 Å². The van der Waals surface area contributed by atoms with E-state index < -0.39 is 5.41 Å². The largest absolute Gasteiger partial charge is 0.493 e. The summed E-state index contributed by atoms with van der Waals surface area (Å²) in [5, 5.41) is 2.99. The molecular weight excluding hydrogens is 306 g/mol. The average Bonchev–Trinajstić information content (AvgIpc) is 3.43. The molecule has 0 saturated heterocycles. The fraction of sp³-hybridized carbons (Fsp3) is 0.316. The summed E-state index contributed by atoms with van der Waals surface area (Å²) in [6, 6.07) is 13.4.